The summed E-state index contributed by atoms with van der Waals surface area (Å²) in [7, 11) is 0. The highest BCUT2D eigenvalue weighted by atomic mass is 16.6. The first-order chi connectivity index (χ1) is 8.42. The number of rotatable bonds is 0. The normalized spacial score (nSPS) is 38.7. The van der Waals surface area contributed by atoms with E-state index in [4.69, 9.17) is 4.74 Å². The Morgan fingerprint density at radius 1 is 1.17 bits per heavy atom. The molecule has 1 amide bonds. The van der Waals surface area contributed by atoms with Crippen molar-refractivity contribution in [2.75, 3.05) is 19.6 Å². The molecule has 2 heterocycles. The van der Waals surface area contributed by atoms with Crippen molar-refractivity contribution in [2.24, 2.45) is 17.8 Å². The summed E-state index contributed by atoms with van der Waals surface area (Å²) in [5.41, 5.74) is -0.384. The molecule has 4 heteroatoms. The highest BCUT2D eigenvalue weighted by molar-refractivity contribution is 5.68. The van der Waals surface area contributed by atoms with E-state index in [2.05, 4.69) is 5.32 Å². The fourth-order valence-electron chi connectivity index (χ4n) is 3.64. The molecule has 0 aromatic heterocycles. The van der Waals surface area contributed by atoms with Crippen molar-refractivity contribution in [3.63, 3.8) is 0 Å². The summed E-state index contributed by atoms with van der Waals surface area (Å²) in [5.74, 6) is 2.26. The minimum Gasteiger partial charge on any atom is -0.444 e. The van der Waals surface area contributed by atoms with Gasteiger partial charge in [-0.1, -0.05) is 0 Å². The Morgan fingerprint density at radius 2 is 1.83 bits per heavy atom. The van der Waals surface area contributed by atoms with E-state index in [-0.39, 0.29) is 11.7 Å². The molecule has 0 radical (unpaired) electrons. The molecule has 4 atom stereocenters. The highest BCUT2D eigenvalue weighted by Gasteiger charge is 2.46. The lowest BCUT2D eigenvalue weighted by Gasteiger charge is -2.46. The quantitative estimate of drug-likeness (QED) is 0.715. The minimum atomic E-state index is -0.384. The van der Waals surface area contributed by atoms with Crippen molar-refractivity contribution in [3.8, 4) is 0 Å². The first-order valence-electron chi connectivity index (χ1n) is 7.14. The van der Waals surface area contributed by atoms with E-state index in [9.17, 15) is 4.79 Å². The van der Waals surface area contributed by atoms with Gasteiger partial charge in [-0.25, -0.2) is 4.79 Å². The van der Waals surface area contributed by atoms with Crippen LogP contribution >= 0.6 is 0 Å². The molecule has 0 unspecified atom stereocenters. The van der Waals surface area contributed by atoms with Gasteiger partial charge in [0, 0.05) is 19.1 Å². The molecule has 3 fully saturated rings. The molecular formula is C14H24N2O2. The van der Waals surface area contributed by atoms with Crippen molar-refractivity contribution >= 4 is 6.09 Å². The molecule has 0 spiro atoms. The molecule has 0 bridgehead atoms. The van der Waals surface area contributed by atoms with Crippen LogP contribution in [0.15, 0.2) is 0 Å². The maximum absolute atomic E-state index is 12.1. The van der Waals surface area contributed by atoms with Crippen molar-refractivity contribution in [2.45, 2.75) is 45.3 Å². The zero-order chi connectivity index (χ0) is 12.9. The van der Waals surface area contributed by atoms with E-state index in [0.29, 0.717) is 11.8 Å². The van der Waals surface area contributed by atoms with Gasteiger partial charge in [0.2, 0.25) is 0 Å². The van der Waals surface area contributed by atoms with Gasteiger partial charge in [0.25, 0.3) is 0 Å². The summed E-state index contributed by atoms with van der Waals surface area (Å²) in [6.07, 6.45) is 2.41. The van der Waals surface area contributed by atoms with Crippen LogP contribution in [0.4, 0.5) is 4.79 Å². The van der Waals surface area contributed by atoms with Gasteiger partial charge in [-0.3, -0.25) is 0 Å². The topological polar surface area (TPSA) is 41.6 Å². The van der Waals surface area contributed by atoms with Gasteiger partial charge in [-0.15, -0.1) is 0 Å². The summed E-state index contributed by atoms with van der Waals surface area (Å²) in [6.45, 7) is 8.77. The van der Waals surface area contributed by atoms with Crippen LogP contribution in [0.5, 0.6) is 0 Å². The molecule has 102 valence electrons. The molecule has 3 rings (SSSR count). The van der Waals surface area contributed by atoms with E-state index in [1.165, 1.54) is 19.4 Å². The summed E-state index contributed by atoms with van der Waals surface area (Å²) >= 11 is 0. The number of hydrogen-bond donors (Lipinski definition) is 1. The van der Waals surface area contributed by atoms with E-state index < -0.39 is 0 Å². The Kier molecular flexibility index (Phi) is 2.81. The van der Waals surface area contributed by atoms with Crippen molar-refractivity contribution < 1.29 is 9.53 Å². The third kappa shape index (κ3) is 2.22. The maximum Gasteiger partial charge on any atom is 0.410 e. The van der Waals surface area contributed by atoms with Gasteiger partial charge in [0.05, 0.1) is 0 Å². The largest absolute Gasteiger partial charge is 0.444 e. The molecule has 1 saturated carbocycles. The fourth-order valence-corrected chi connectivity index (χ4v) is 3.64. The van der Waals surface area contributed by atoms with E-state index in [1.807, 2.05) is 25.7 Å². The van der Waals surface area contributed by atoms with E-state index in [0.717, 1.165) is 25.0 Å². The predicted molar refractivity (Wildman–Crippen MR) is 69.3 cm³/mol. The molecule has 3 aliphatic rings. The van der Waals surface area contributed by atoms with Crippen LogP contribution < -0.4 is 5.32 Å². The first kappa shape index (κ1) is 12.3. The SMILES string of the molecule is CC(C)(C)OC(=O)N1C[C@H]2C[C@@H]3NC[C@@H]3C[C@H]2C1. The summed E-state index contributed by atoms with van der Waals surface area (Å²) in [4.78, 5) is 14.0. The molecule has 0 aromatic rings. The lowest BCUT2D eigenvalue weighted by molar-refractivity contribution is 0.0284. The number of carbonyl (C=O) groups excluding carboxylic acids is 1. The van der Waals surface area contributed by atoms with Gasteiger partial charge >= 0.3 is 6.09 Å². The number of amides is 1. The average molecular weight is 252 g/mol. The lowest BCUT2D eigenvalue weighted by Crippen LogP contribution is -2.57. The van der Waals surface area contributed by atoms with Crippen molar-refractivity contribution in [3.05, 3.63) is 0 Å². The van der Waals surface area contributed by atoms with Crippen molar-refractivity contribution in [1.29, 1.82) is 0 Å². The van der Waals surface area contributed by atoms with E-state index >= 15 is 0 Å². The van der Waals surface area contributed by atoms with Crippen LogP contribution in [0, 0.1) is 17.8 Å². The van der Waals surface area contributed by atoms with Gasteiger partial charge in [-0.05, 0) is 57.9 Å². The van der Waals surface area contributed by atoms with Crippen molar-refractivity contribution in [1.82, 2.24) is 10.2 Å². The summed E-state index contributed by atoms with van der Waals surface area (Å²) < 4.78 is 5.47. The molecule has 1 N–H and O–H groups in total. The maximum atomic E-state index is 12.1. The number of likely N-dealkylation sites (tertiary alicyclic amines) is 1. The summed E-state index contributed by atoms with van der Waals surface area (Å²) in [6, 6.07) is 0.727. The molecule has 1 aliphatic carbocycles. The molecule has 18 heavy (non-hydrogen) atoms. The number of fused-ring (bicyclic) bond motifs is 2. The van der Waals surface area contributed by atoms with Gasteiger partial charge < -0.3 is 15.0 Å². The Labute approximate surface area is 109 Å². The fraction of sp³-hybridized carbons (Fsp3) is 0.929. The molecular weight excluding hydrogens is 228 g/mol. The number of nitrogens with one attached hydrogen (secondary N) is 1. The third-order valence-corrected chi connectivity index (χ3v) is 4.60. The van der Waals surface area contributed by atoms with Crippen LogP contribution in [-0.4, -0.2) is 42.3 Å². The minimum absolute atomic E-state index is 0.128. The van der Waals surface area contributed by atoms with Crippen LogP contribution in [-0.2, 0) is 4.74 Å². The Morgan fingerprint density at radius 3 is 2.39 bits per heavy atom. The zero-order valence-electron chi connectivity index (χ0n) is 11.6. The predicted octanol–water partition coefficient (Wildman–Crippen LogP) is 1.85. The van der Waals surface area contributed by atoms with E-state index in [1.54, 1.807) is 0 Å². The van der Waals surface area contributed by atoms with Crippen LogP contribution in [0.2, 0.25) is 0 Å². The average Bonchev–Trinajstić information content (AvgIpc) is 2.61. The molecule has 0 aromatic carbocycles. The number of ether oxygens (including phenoxy) is 1. The smallest absolute Gasteiger partial charge is 0.410 e. The standard InChI is InChI=1S/C14H24N2O2/c1-14(2,3)18-13(17)16-7-10-4-9-6-15-12(9)5-11(10)8-16/h9-12,15H,4-8H2,1-3H3/t9-,10-,11+,12-/m0/s1. The van der Waals surface area contributed by atoms with Crippen LogP contribution in [0.25, 0.3) is 0 Å². The van der Waals surface area contributed by atoms with Gasteiger partial charge in [-0.2, -0.15) is 0 Å². The molecule has 2 saturated heterocycles. The lowest BCUT2D eigenvalue weighted by atomic mass is 9.69. The second-order valence-electron chi connectivity index (χ2n) is 7.15. The number of carbonyl (C=O) groups is 1. The Balaban J connectivity index is 1.59. The van der Waals surface area contributed by atoms with Gasteiger partial charge in [0.1, 0.15) is 5.60 Å². The monoisotopic (exact) mass is 252 g/mol. The van der Waals surface area contributed by atoms with Gasteiger partial charge in [0.15, 0.2) is 0 Å². The Hall–Kier alpha value is -0.770. The third-order valence-electron chi connectivity index (χ3n) is 4.60. The zero-order valence-corrected chi connectivity index (χ0v) is 11.6. The number of hydrogen-bond acceptors (Lipinski definition) is 3. The van der Waals surface area contributed by atoms with Crippen LogP contribution in [0.3, 0.4) is 0 Å². The Bertz CT molecular complexity index is 330. The molecule has 2 aliphatic heterocycles. The first-order valence-corrected chi connectivity index (χ1v) is 7.14. The second kappa shape index (κ2) is 4.12. The number of nitrogens with zero attached hydrogens (tertiary/aromatic N) is 1. The second-order valence-corrected chi connectivity index (χ2v) is 7.15. The highest BCUT2D eigenvalue weighted by Crippen LogP contribution is 2.42. The van der Waals surface area contributed by atoms with Crippen LogP contribution in [0.1, 0.15) is 33.6 Å². The summed E-state index contributed by atoms with van der Waals surface area (Å²) in [5, 5.41) is 3.51. The molecule has 4 nitrogen and oxygen atoms in total.